The van der Waals surface area contributed by atoms with E-state index in [2.05, 4.69) is 24.3 Å². The highest BCUT2D eigenvalue weighted by molar-refractivity contribution is 7.99. The van der Waals surface area contributed by atoms with Crippen molar-refractivity contribution in [1.29, 1.82) is 0 Å². The lowest BCUT2D eigenvalue weighted by molar-refractivity contribution is -0.156. The number of aryl methyl sites for hydroxylation is 1. The zero-order valence-corrected chi connectivity index (χ0v) is 26.5. The molecule has 0 aliphatic carbocycles. The molecule has 0 heterocycles. The fourth-order valence-corrected chi connectivity index (χ4v) is 6.45. The van der Waals surface area contributed by atoms with Gasteiger partial charge in [0.15, 0.2) is 0 Å². The quantitative estimate of drug-likeness (QED) is 0.116. The average molecular weight is 593 g/mol. The monoisotopic (exact) mass is 592 g/mol. The normalized spacial score (nSPS) is 11.7. The van der Waals surface area contributed by atoms with Crippen molar-refractivity contribution < 1.29 is 19.1 Å². The zero-order valence-electron chi connectivity index (χ0n) is 24.9. The molecule has 0 amide bonds. The number of hydrogen-bond donors (Lipinski definition) is 0. The molecule has 3 rings (SSSR count). The maximum atomic E-state index is 12.6. The summed E-state index contributed by atoms with van der Waals surface area (Å²) in [7, 11) is 0. The maximum Gasteiger partial charge on any atom is 0.311 e. The molecule has 0 atom stereocenters. The van der Waals surface area contributed by atoms with Crippen LogP contribution >= 0.6 is 23.5 Å². The topological polar surface area (TPSA) is 52.6 Å². The Balaban J connectivity index is 1.27. The van der Waals surface area contributed by atoms with Gasteiger partial charge in [0.05, 0.1) is 10.8 Å². The third kappa shape index (κ3) is 12.0. The fraction of sp³-hybridized carbons (Fsp3) is 0.429. The van der Waals surface area contributed by atoms with Crippen molar-refractivity contribution in [3.8, 4) is 0 Å². The smallest absolute Gasteiger partial charge is 0.311 e. The summed E-state index contributed by atoms with van der Waals surface area (Å²) < 4.78 is 11.1. The minimum atomic E-state index is -0.499. The first-order chi connectivity index (χ1) is 19.7. The van der Waals surface area contributed by atoms with Crippen molar-refractivity contribution in [2.45, 2.75) is 65.9 Å². The molecule has 0 radical (unpaired) electrons. The molecule has 0 N–H and O–H groups in total. The second-order valence-corrected chi connectivity index (χ2v) is 14.0. The van der Waals surface area contributed by atoms with Gasteiger partial charge in [-0.1, -0.05) is 84.9 Å². The number of rotatable bonds is 17. The number of ether oxygens (including phenoxy) is 2. The van der Waals surface area contributed by atoms with Crippen LogP contribution in [0.1, 0.15) is 62.8 Å². The summed E-state index contributed by atoms with van der Waals surface area (Å²) in [5.41, 5.74) is 3.66. The molecule has 0 bridgehead atoms. The summed E-state index contributed by atoms with van der Waals surface area (Å²) in [5.74, 6) is 3.51. The standard InChI is InChI=1S/C35H44O4S2/c1-34(2,32(36)38-25-29-11-7-5-8-12-29)20-23-40-22-19-28-15-17-31(18-16-28)27-41-24-21-35(3,4)33(37)39-26-30-13-9-6-10-14-30/h5-18H,19-27H2,1-4H3. The Kier molecular flexibility index (Phi) is 13.3. The molecule has 0 unspecified atom stereocenters. The van der Waals surface area contributed by atoms with E-state index in [1.54, 1.807) is 0 Å². The maximum absolute atomic E-state index is 12.6. The Bertz CT molecular complexity index is 1190. The largest absolute Gasteiger partial charge is 0.460 e. The Morgan fingerprint density at radius 1 is 0.561 bits per heavy atom. The van der Waals surface area contributed by atoms with Crippen LogP contribution in [-0.4, -0.2) is 29.2 Å². The molecule has 220 valence electrons. The summed E-state index contributed by atoms with van der Waals surface area (Å²) in [6, 6.07) is 28.4. The van der Waals surface area contributed by atoms with E-state index in [1.165, 1.54) is 11.1 Å². The van der Waals surface area contributed by atoms with Gasteiger partial charge in [-0.3, -0.25) is 9.59 Å². The Labute approximate surface area is 255 Å². The molecular weight excluding hydrogens is 549 g/mol. The molecule has 0 aliphatic heterocycles. The third-order valence-electron chi connectivity index (χ3n) is 7.10. The van der Waals surface area contributed by atoms with Crippen LogP contribution in [0, 0.1) is 10.8 Å². The minimum Gasteiger partial charge on any atom is -0.460 e. The van der Waals surface area contributed by atoms with Gasteiger partial charge < -0.3 is 9.47 Å². The number of carbonyl (C=O) groups is 2. The fourth-order valence-electron chi connectivity index (χ4n) is 3.98. The van der Waals surface area contributed by atoms with Crippen LogP contribution in [0.5, 0.6) is 0 Å². The lowest BCUT2D eigenvalue weighted by Gasteiger charge is -2.22. The molecular formula is C35H44O4S2. The molecule has 0 aromatic heterocycles. The molecule has 41 heavy (non-hydrogen) atoms. The summed E-state index contributed by atoms with van der Waals surface area (Å²) >= 11 is 3.74. The third-order valence-corrected chi connectivity index (χ3v) is 9.12. The van der Waals surface area contributed by atoms with Crippen molar-refractivity contribution in [2.75, 3.05) is 17.3 Å². The first-order valence-electron chi connectivity index (χ1n) is 14.3. The summed E-state index contributed by atoms with van der Waals surface area (Å²) in [6.07, 6.45) is 2.58. The number of hydrogen-bond acceptors (Lipinski definition) is 6. The second-order valence-electron chi connectivity index (χ2n) is 11.6. The predicted molar refractivity (Wildman–Crippen MR) is 173 cm³/mol. The molecule has 0 aliphatic rings. The van der Waals surface area contributed by atoms with Crippen LogP contribution in [-0.2, 0) is 44.5 Å². The van der Waals surface area contributed by atoms with Gasteiger partial charge in [0, 0.05) is 5.75 Å². The van der Waals surface area contributed by atoms with Gasteiger partial charge in [0.1, 0.15) is 13.2 Å². The van der Waals surface area contributed by atoms with E-state index in [1.807, 2.05) is 112 Å². The van der Waals surface area contributed by atoms with Gasteiger partial charge in [-0.25, -0.2) is 0 Å². The van der Waals surface area contributed by atoms with E-state index in [-0.39, 0.29) is 11.9 Å². The molecule has 6 heteroatoms. The van der Waals surface area contributed by atoms with Crippen molar-refractivity contribution >= 4 is 35.5 Å². The summed E-state index contributed by atoms with van der Waals surface area (Å²) in [5, 5.41) is 0. The molecule has 0 spiro atoms. The van der Waals surface area contributed by atoms with Crippen molar-refractivity contribution in [2.24, 2.45) is 10.8 Å². The molecule has 0 saturated heterocycles. The molecule has 0 saturated carbocycles. The zero-order chi connectivity index (χ0) is 29.6. The van der Waals surface area contributed by atoms with Gasteiger partial charge in [-0.15, -0.1) is 0 Å². The number of benzene rings is 3. The highest BCUT2D eigenvalue weighted by Gasteiger charge is 2.29. The van der Waals surface area contributed by atoms with E-state index in [9.17, 15) is 9.59 Å². The molecule has 0 fully saturated rings. The average Bonchev–Trinajstić information content (AvgIpc) is 2.98. The predicted octanol–water partition coefficient (Wildman–Crippen LogP) is 8.51. The van der Waals surface area contributed by atoms with Gasteiger partial charge >= 0.3 is 11.9 Å². The van der Waals surface area contributed by atoms with Crippen LogP contribution in [0.4, 0.5) is 0 Å². The Morgan fingerprint density at radius 3 is 1.49 bits per heavy atom. The number of carbonyl (C=O) groups excluding carboxylic acids is 2. The van der Waals surface area contributed by atoms with Crippen LogP contribution in [0.3, 0.4) is 0 Å². The first-order valence-corrected chi connectivity index (χ1v) is 16.6. The van der Waals surface area contributed by atoms with Crippen molar-refractivity contribution in [3.63, 3.8) is 0 Å². The molecule has 3 aromatic rings. The van der Waals surface area contributed by atoms with E-state index in [4.69, 9.17) is 9.47 Å². The second kappa shape index (κ2) is 16.7. The van der Waals surface area contributed by atoms with E-state index in [0.717, 1.165) is 53.4 Å². The summed E-state index contributed by atoms with van der Waals surface area (Å²) in [4.78, 5) is 25.1. The minimum absolute atomic E-state index is 0.137. The SMILES string of the molecule is CC(C)(CCSCCc1ccc(CSCCC(C)(C)C(=O)OCc2ccccc2)cc1)C(=O)OCc1ccccc1. The first kappa shape index (κ1) is 32.8. The summed E-state index contributed by atoms with van der Waals surface area (Å²) in [6.45, 7) is 8.51. The lowest BCUT2D eigenvalue weighted by atomic mass is 9.90. The highest BCUT2D eigenvalue weighted by Crippen LogP contribution is 2.27. The van der Waals surface area contributed by atoms with Gasteiger partial charge in [0.2, 0.25) is 0 Å². The van der Waals surface area contributed by atoms with Gasteiger partial charge in [-0.05, 0) is 86.5 Å². The highest BCUT2D eigenvalue weighted by atomic mass is 32.2. The Hall–Kier alpha value is -2.70. The number of esters is 2. The molecule has 4 nitrogen and oxygen atoms in total. The van der Waals surface area contributed by atoms with E-state index < -0.39 is 10.8 Å². The van der Waals surface area contributed by atoms with Gasteiger partial charge in [0.25, 0.3) is 0 Å². The molecule has 3 aromatic carbocycles. The van der Waals surface area contributed by atoms with Crippen LogP contribution in [0.25, 0.3) is 0 Å². The number of thioether (sulfide) groups is 2. The van der Waals surface area contributed by atoms with E-state index >= 15 is 0 Å². The Morgan fingerprint density at radius 2 is 1.00 bits per heavy atom. The van der Waals surface area contributed by atoms with Crippen LogP contribution in [0.2, 0.25) is 0 Å². The van der Waals surface area contributed by atoms with Crippen LogP contribution in [0.15, 0.2) is 84.9 Å². The lowest BCUT2D eigenvalue weighted by Crippen LogP contribution is -2.27. The van der Waals surface area contributed by atoms with Crippen molar-refractivity contribution in [1.82, 2.24) is 0 Å². The van der Waals surface area contributed by atoms with Crippen LogP contribution < -0.4 is 0 Å². The van der Waals surface area contributed by atoms with E-state index in [0.29, 0.717) is 13.2 Å². The van der Waals surface area contributed by atoms with Gasteiger partial charge in [-0.2, -0.15) is 23.5 Å². The van der Waals surface area contributed by atoms with Crippen molar-refractivity contribution in [3.05, 3.63) is 107 Å².